The quantitative estimate of drug-likeness (QED) is 0.889. The summed E-state index contributed by atoms with van der Waals surface area (Å²) in [5.41, 5.74) is -1.13. The van der Waals surface area contributed by atoms with Gasteiger partial charge in [0, 0.05) is 11.2 Å². The number of nitrogens with one attached hydrogen (secondary N) is 1. The van der Waals surface area contributed by atoms with E-state index < -0.39 is 17.1 Å². The van der Waals surface area contributed by atoms with Gasteiger partial charge in [-0.15, -0.1) is 0 Å². The number of carboxylic acids is 1. The third kappa shape index (κ3) is 3.32. The normalized spacial score (nSPS) is 10.2. The van der Waals surface area contributed by atoms with Gasteiger partial charge in [-0.25, -0.2) is 9.78 Å². The molecule has 0 aliphatic heterocycles. The molecule has 7 heteroatoms. The van der Waals surface area contributed by atoms with Crippen LogP contribution in [0, 0.1) is 0 Å². The van der Waals surface area contributed by atoms with E-state index in [1.165, 1.54) is 0 Å². The first kappa shape index (κ1) is 13.1. The number of hydrogen-bond donors (Lipinski definition) is 2. The highest BCUT2D eigenvalue weighted by atomic mass is 35.5. The van der Waals surface area contributed by atoms with Gasteiger partial charge in [-0.05, 0) is 18.2 Å². The maximum absolute atomic E-state index is 11.4. The Morgan fingerprint density at radius 2 is 2.26 bits per heavy atom. The topological polar surface area (TPSA) is 92.3 Å². The Morgan fingerprint density at radius 3 is 2.89 bits per heavy atom. The van der Waals surface area contributed by atoms with Crippen LogP contribution in [0.1, 0.15) is 16.2 Å². The van der Waals surface area contributed by atoms with Crippen LogP contribution >= 0.6 is 11.6 Å². The van der Waals surface area contributed by atoms with Crippen LogP contribution in [-0.2, 0) is 6.61 Å². The molecule has 0 spiro atoms. The summed E-state index contributed by atoms with van der Waals surface area (Å²) in [6.45, 7) is 0.00941. The summed E-state index contributed by atoms with van der Waals surface area (Å²) in [4.78, 5) is 28.2. The number of benzene rings is 1. The van der Waals surface area contributed by atoms with Crippen molar-refractivity contribution in [2.75, 3.05) is 0 Å². The molecule has 0 unspecified atom stereocenters. The molecule has 2 rings (SSSR count). The van der Waals surface area contributed by atoms with Gasteiger partial charge in [-0.3, -0.25) is 4.79 Å². The van der Waals surface area contributed by atoms with Gasteiger partial charge in [-0.2, -0.15) is 0 Å². The van der Waals surface area contributed by atoms with Gasteiger partial charge in [0.2, 0.25) is 0 Å². The lowest BCUT2D eigenvalue weighted by Gasteiger charge is -2.05. The number of aromatic nitrogens is 2. The van der Waals surface area contributed by atoms with Crippen molar-refractivity contribution < 1.29 is 14.6 Å². The van der Waals surface area contributed by atoms with Crippen molar-refractivity contribution in [2.45, 2.75) is 6.61 Å². The zero-order valence-electron chi connectivity index (χ0n) is 9.59. The molecular weight excluding hydrogens is 272 g/mol. The molecule has 0 saturated heterocycles. The van der Waals surface area contributed by atoms with E-state index in [1.54, 1.807) is 24.3 Å². The van der Waals surface area contributed by atoms with E-state index in [4.69, 9.17) is 21.4 Å². The third-order valence-electron chi connectivity index (χ3n) is 2.25. The van der Waals surface area contributed by atoms with Crippen LogP contribution in [0.4, 0.5) is 0 Å². The van der Waals surface area contributed by atoms with Gasteiger partial charge in [0.05, 0.1) is 0 Å². The largest absolute Gasteiger partial charge is 0.486 e. The van der Waals surface area contributed by atoms with Crippen molar-refractivity contribution in [1.82, 2.24) is 9.97 Å². The van der Waals surface area contributed by atoms with Crippen molar-refractivity contribution in [2.24, 2.45) is 0 Å². The number of aromatic amines is 1. The number of aromatic carboxylic acids is 1. The standard InChI is InChI=1S/C12H9ClN2O4/c13-7-2-1-3-8(4-7)19-6-10-14-5-9(12(17)18)11(16)15-10/h1-5H,6H2,(H,17,18)(H,14,15,16). The highest BCUT2D eigenvalue weighted by Crippen LogP contribution is 2.17. The Morgan fingerprint density at radius 1 is 1.47 bits per heavy atom. The number of hydrogen-bond acceptors (Lipinski definition) is 4. The lowest BCUT2D eigenvalue weighted by Crippen LogP contribution is -2.20. The number of carbonyl (C=O) groups is 1. The number of nitrogens with zero attached hydrogens (tertiary/aromatic N) is 1. The molecule has 0 bridgehead atoms. The monoisotopic (exact) mass is 280 g/mol. The second-order valence-corrected chi connectivity index (χ2v) is 4.06. The Bertz CT molecular complexity index is 669. The fourth-order valence-corrected chi connectivity index (χ4v) is 1.55. The summed E-state index contributed by atoms with van der Waals surface area (Å²) < 4.78 is 5.36. The van der Waals surface area contributed by atoms with Crippen LogP contribution in [0.3, 0.4) is 0 Å². The average molecular weight is 281 g/mol. The molecule has 1 heterocycles. The zero-order chi connectivity index (χ0) is 13.8. The van der Waals surface area contributed by atoms with Crippen LogP contribution < -0.4 is 10.3 Å². The number of carboxylic acid groups (broad SMARTS) is 1. The molecular formula is C12H9ClN2O4. The van der Waals surface area contributed by atoms with E-state index >= 15 is 0 Å². The molecule has 19 heavy (non-hydrogen) atoms. The minimum absolute atomic E-state index is 0.00941. The molecule has 0 radical (unpaired) electrons. The van der Waals surface area contributed by atoms with Crippen LogP contribution in [0.5, 0.6) is 5.75 Å². The fraction of sp³-hybridized carbons (Fsp3) is 0.0833. The van der Waals surface area contributed by atoms with Crippen molar-refractivity contribution in [3.05, 3.63) is 57.2 Å². The number of ether oxygens (including phenoxy) is 1. The minimum atomic E-state index is -1.32. The van der Waals surface area contributed by atoms with Gasteiger partial charge in [-0.1, -0.05) is 17.7 Å². The highest BCUT2D eigenvalue weighted by Gasteiger charge is 2.09. The molecule has 2 N–H and O–H groups in total. The molecule has 0 amide bonds. The van der Waals surface area contributed by atoms with Crippen molar-refractivity contribution in [1.29, 1.82) is 0 Å². The Hall–Kier alpha value is -2.34. The van der Waals surface area contributed by atoms with E-state index in [1.807, 2.05) is 0 Å². The molecule has 0 aliphatic carbocycles. The number of H-pyrrole nitrogens is 1. The second kappa shape index (κ2) is 5.53. The SMILES string of the molecule is O=C(O)c1cnc(COc2cccc(Cl)c2)[nH]c1=O. The maximum Gasteiger partial charge on any atom is 0.342 e. The molecule has 98 valence electrons. The van der Waals surface area contributed by atoms with E-state index in [-0.39, 0.29) is 12.4 Å². The minimum Gasteiger partial charge on any atom is -0.486 e. The highest BCUT2D eigenvalue weighted by molar-refractivity contribution is 6.30. The third-order valence-corrected chi connectivity index (χ3v) is 2.49. The summed E-state index contributed by atoms with van der Waals surface area (Å²) in [7, 11) is 0. The van der Waals surface area contributed by atoms with Gasteiger partial charge in [0.25, 0.3) is 5.56 Å². The zero-order valence-corrected chi connectivity index (χ0v) is 10.3. The maximum atomic E-state index is 11.4. The molecule has 1 aromatic heterocycles. The molecule has 0 atom stereocenters. The number of rotatable bonds is 4. The van der Waals surface area contributed by atoms with E-state index in [0.29, 0.717) is 10.8 Å². The lowest BCUT2D eigenvalue weighted by molar-refractivity contribution is 0.0694. The fourth-order valence-electron chi connectivity index (χ4n) is 1.37. The molecule has 0 aliphatic rings. The Labute approximate surface area is 112 Å². The summed E-state index contributed by atoms with van der Waals surface area (Å²) in [5.74, 6) is -0.566. The Kier molecular flexibility index (Phi) is 3.82. The first-order valence-corrected chi connectivity index (χ1v) is 5.64. The molecule has 6 nitrogen and oxygen atoms in total. The molecule has 2 aromatic rings. The van der Waals surface area contributed by atoms with Gasteiger partial charge in [0.15, 0.2) is 0 Å². The number of halogens is 1. The molecule has 0 saturated carbocycles. The van der Waals surface area contributed by atoms with E-state index in [2.05, 4.69) is 9.97 Å². The predicted molar refractivity (Wildman–Crippen MR) is 67.6 cm³/mol. The molecule has 0 fully saturated rings. The van der Waals surface area contributed by atoms with E-state index in [0.717, 1.165) is 6.20 Å². The van der Waals surface area contributed by atoms with Gasteiger partial charge in [0.1, 0.15) is 23.7 Å². The van der Waals surface area contributed by atoms with Crippen LogP contribution in [0.2, 0.25) is 5.02 Å². The van der Waals surface area contributed by atoms with Crippen LogP contribution in [-0.4, -0.2) is 21.0 Å². The lowest BCUT2D eigenvalue weighted by atomic mass is 10.3. The first-order chi connectivity index (χ1) is 9.06. The first-order valence-electron chi connectivity index (χ1n) is 5.26. The van der Waals surface area contributed by atoms with Crippen LogP contribution in [0.25, 0.3) is 0 Å². The predicted octanol–water partition coefficient (Wildman–Crippen LogP) is 1.70. The average Bonchev–Trinajstić information content (AvgIpc) is 2.36. The summed E-state index contributed by atoms with van der Waals surface area (Å²) >= 11 is 5.79. The smallest absolute Gasteiger partial charge is 0.342 e. The Balaban J connectivity index is 2.10. The second-order valence-electron chi connectivity index (χ2n) is 3.62. The summed E-state index contributed by atoms with van der Waals surface area (Å²) in [6.07, 6.45) is 0.998. The summed E-state index contributed by atoms with van der Waals surface area (Å²) in [5, 5.41) is 9.22. The van der Waals surface area contributed by atoms with Gasteiger partial charge >= 0.3 is 5.97 Å². The van der Waals surface area contributed by atoms with Crippen LogP contribution in [0.15, 0.2) is 35.3 Å². The molecule has 1 aromatic carbocycles. The summed E-state index contributed by atoms with van der Waals surface area (Å²) in [6, 6.07) is 6.75. The van der Waals surface area contributed by atoms with Crippen molar-refractivity contribution >= 4 is 17.6 Å². The van der Waals surface area contributed by atoms with Gasteiger partial charge < -0.3 is 14.8 Å². The van der Waals surface area contributed by atoms with E-state index in [9.17, 15) is 9.59 Å². The van der Waals surface area contributed by atoms with Crippen molar-refractivity contribution in [3.63, 3.8) is 0 Å². The van der Waals surface area contributed by atoms with Crippen molar-refractivity contribution in [3.8, 4) is 5.75 Å².